The van der Waals surface area contributed by atoms with E-state index in [1.807, 2.05) is 0 Å². The standard InChI is InChI=1S/C20H42O7/c1-7-20(3,27-15-12-24-11-8-21-4)17-19(26-14-10-23-6)16-18(2)25-13-9-22-5/h18-19H,7-17H2,1-6H3. The molecule has 3 atom stereocenters. The number of hydrogen-bond donors (Lipinski definition) is 0. The van der Waals surface area contributed by atoms with Crippen LogP contribution >= 0.6 is 0 Å². The van der Waals surface area contributed by atoms with Gasteiger partial charge in [0, 0.05) is 27.8 Å². The average molecular weight is 395 g/mol. The molecule has 0 bridgehead atoms. The van der Waals surface area contributed by atoms with Gasteiger partial charge in [-0.25, -0.2) is 0 Å². The first-order chi connectivity index (χ1) is 13.0. The van der Waals surface area contributed by atoms with Crippen molar-refractivity contribution in [3.63, 3.8) is 0 Å². The molecule has 0 saturated heterocycles. The van der Waals surface area contributed by atoms with E-state index in [9.17, 15) is 0 Å². The van der Waals surface area contributed by atoms with Crippen LogP contribution in [0.2, 0.25) is 0 Å². The first-order valence-electron chi connectivity index (χ1n) is 9.93. The molecule has 0 saturated carbocycles. The van der Waals surface area contributed by atoms with Gasteiger partial charge in [0.1, 0.15) is 0 Å². The van der Waals surface area contributed by atoms with Gasteiger partial charge in [0.05, 0.1) is 70.7 Å². The molecule has 0 N–H and O–H groups in total. The smallest absolute Gasteiger partial charge is 0.0707 e. The summed E-state index contributed by atoms with van der Waals surface area (Å²) in [4.78, 5) is 0. The topological polar surface area (TPSA) is 64.6 Å². The van der Waals surface area contributed by atoms with E-state index in [0.29, 0.717) is 52.9 Å². The van der Waals surface area contributed by atoms with E-state index < -0.39 is 0 Å². The maximum Gasteiger partial charge on any atom is 0.0707 e. The highest BCUT2D eigenvalue weighted by Crippen LogP contribution is 2.26. The van der Waals surface area contributed by atoms with Gasteiger partial charge in [0.25, 0.3) is 0 Å². The van der Waals surface area contributed by atoms with Gasteiger partial charge in [0.2, 0.25) is 0 Å². The monoisotopic (exact) mass is 394 g/mol. The molecule has 0 heterocycles. The van der Waals surface area contributed by atoms with Crippen molar-refractivity contribution >= 4 is 0 Å². The minimum absolute atomic E-state index is 0.0389. The van der Waals surface area contributed by atoms with Gasteiger partial charge in [0.15, 0.2) is 0 Å². The van der Waals surface area contributed by atoms with Crippen LogP contribution in [0, 0.1) is 0 Å². The third kappa shape index (κ3) is 15.3. The molecule has 0 aliphatic heterocycles. The summed E-state index contributed by atoms with van der Waals surface area (Å²) < 4.78 is 38.6. The fraction of sp³-hybridized carbons (Fsp3) is 1.00. The van der Waals surface area contributed by atoms with Crippen LogP contribution < -0.4 is 0 Å². The van der Waals surface area contributed by atoms with Gasteiger partial charge in [-0.2, -0.15) is 0 Å². The zero-order valence-corrected chi connectivity index (χ0v) is 18.3. The summed E-state index contributed by atoms with van der Waals surface area (Å²) in [7, 11) is 5.02. The minimum Gasteiger partial charge on any atom is -0.382 e. The lowest BCUT2D eigenvalue weighted by molar-refractivity contribution is -0.106. The Kier molecular flexibility index (Phi) is 17.6. The Morgan fingerprint density at radius 2 is 1.30 bits per heavy atom. The number of methoxy groups -OCH3 is 3. The molecular weight excluding hydrogens is 352 g/mol. The highest BCUT2D eigenvalue weighted by atomic mass is 16.6. The lowest BCUT2D eigenvalue weighted by atomic mass is 9.92. The predicted octanol–water partition coefficient (Wildman–Crippen LogP) is 2.70. The summed E-state index contributed by atoms with van der Waals surface area (Å²) in [5, 5.41) is 0. The molecule has 0 rings (SSSR count). The normalized spacial score (nSPS) is 16.2. The summed E-state index contributed by atoms with van der Waals surface area (Å²) in [5.74, 6) is 0. The molecule has 0 radical (unpaired) electrons. The van der Waals surface area contributed by atoms with Crippen LogP contribution in [0.15, 0.2) is 0 Å². The Hall–Kier alpha value is -0.280. The van der Waals surface area contributed by atoms with E-state index >= 15 is 0 Å². The van der Waals surface area contributed by atoms with Crippen molar-refractivity contribution < 1.29 is 33.2 Å². The van der Waals surface area contributed by atoms with Gasteiger partial charge in [-0.05, 0) is 26.7 Å². The first kappa shape index (κ1) is 26.7. The van der Waals surface area contributed by atoms with Gasteiger partial charge in [-0.1, -0.05) is 6.92 Å². The molecular formula is C20H42O7. The van der Waals surface area contributed by atoms with Crippen molar-refractivity contribution in [1.29, 1.82) is 0 Å². The van der Waals surface area contributed by atoms with Crippen LogP contribution in [0.3, 0.4) is 0 Å². The van der Waals surface area contributed by atoms with Crippen LogP contribution in [0.25, 0.3) is 0 Å². The molecule has 7 nitrogen and oxygen atoms in total. The maximum absolute atomic E-state index is 6.14. The van der Waals surface area contributed by atoms with Crippen molar-refractivity contribution in [3.05, 3.63) is 0 Å². The molecule has 0 aliphatic carbocycles. The van der Waals surface area contributed by atoms with Gasteiger partial charge in [-0.15, -0.1) is 0 Å². The Bertz CT molecular complexity index is 317. The van der Waals surface area contributed by atoms with Gasteiger partial charge < -0.3 is 33.2 Å². The largest absolute Gasteiger partial charge is 0.382 e. The lowest BCUT2D eigenvalue weighted by Crippen LogP contribution is -2.37. The SMILES string of the molecule is CCC(C)(CC(CC(C)OCCOC)OCCOC)OCCOCCOC. The Morgan fingerprint density at radius 1 is 0.741 bits per heavy atom. The molecule has 27 heavy (non-hydrogen) atoms. The van der Waals surface area contributed by atoms with Crippen LogP contribution in [0.1, 0.15) is 40.0 Å². The van der Waals surface area contributed by atoms with Crippen molar-refractivity contribution in [1.82, 2.24) is 0 Å². The van der Waals surface area contributed by atoms with Crippen molar-refractivity contribution in [2.75, 3.05) is 74.2 Å². The summed E-state index contributed by atoms with van der Waals surface area (Å²) in [6.07, 6.45) is 2.62. The molecule has 0 amide bonds. The number of rotatable bonds is 20. The highest BCUT2D eigenvalue weighted by molar-refractivity contribution is 4.80. The fourth-order valence-corrected chi connectivity index (χ4v) is 2.66. The van der Waals surface area contributed by atoms with E-state index in [1.165, 1.54) is 0 Å². The molecule has 0 spiro atoms. The number of hydrogen-bond acceptors (Lipinski definition) is 7. The Morgan fingerprint density at radius 3 is 1.89 bits per heavy atom. The second-order valence-corrected chi connectivity index (χ2v) is 6.86. The maximum atomic E-state index is 6.14. The van der Waals surface area contributed by atoms with E-state index in [2.05, 4.69) is 20.8 Å². The van der Waals surface area contributed by atoms with E-state index in [4.69, 9.17) is 33.2 Å². The van der Waals surface area contributed by atoms with Crippen molar-refractivity contribution in [2.24, 2.45) is 0 Å². The minimum atomic E-state index is -0.269. The van der Waals surface area contributed by atoms with Crippen LogP contribution in [-0.4, -0.2) is 92.0 Å². The van der Waals surface area contributed by atoms with Crippen LogP contribution in [0.4, 0.5) is 0 Å². The predicted molar refractivity (Wildman–Crippen MR) is 105 cm³/mol. The molecule has 0 aromatic heterocycles. The second-order valence-electron chi connectivity index (χ2n) is 6.86. The Labute approximate surface area is 165 Å². The van der Waals surface area contributed by atoms with Crippen molar-refractivity contribution in [2.45, 2.75) is 57.8 Å². The van der Waals surface area contributed by atoms with E-state index in [1.54, 1.807) is 21.3 Å². The third-order valence-corrected chi connectivity index (χ3v) is 4.44. The summed E-state index contributed by atoms with van der Waals surface area (Å²) in [6, 6.07) is 0. The van der Waals surface area contributed by atoms with E-state index in [-0.39, 0.29) is 17.8 Å². The summed E-state index contributed by atoms with van der Waals surface area (Å²) >= 11 is 0. The fourth-order valence-electron chi connectivity index (χ4n) is 2.66. The Balaban J connectivity index is 4.47. The molecule has 0 aromatic rings. The zero-order chi connectivity index (χ0) is 20.4. The molecule has 0 aliphatic rings. The molecule has 0 fully saturated rings. The lowest BCUT2D eigenvalue weighted by Gasteiger charge is -2.33. The van der Waals surface area contributed by atoms with Gasteiger partial charge in [-0.3, -0.25) is 0 Å². The molecule has 0 aromatic carbocycles. The quantitative estimate of drug-likeness (QED) is 0.294. The number of ether oxygens (including phenoxy) is 7. The molecule has 164 valence electrons. The van der Waals surface area contributed by atoms with E-state index in [0.717, 1.165) is 19.3 Å². The third-order valence-electron chi connectivity index (χ3n) is 4.44. The summed E-state index contributed by atoms with van der Waals surface area (Å²) in [6.45, 7) is 10.9. The van der Waals surface area contributed by atoms with Crippen LogP contribution in [-0.2, 0) is 33.2 Å². The van der Waals surface area contributed by atoms with Gasteiger partial charge >= 0.3 is 0 Å². The van der Waals surface area contributed by atoms with Crippen molar-refractivity contribution in [3.8, 4) is 0 Å². The average Bonchev–Trinajstić information content (AvgIpc) is 2.65. The van der Waals surface area contributed by atoms with Crippen LogP contribution in [0.5, 0.6) is 0 Å². The highest BCUT2D eigenvalue weighted by Gasteiger charge is 2.29. The molecule has 7 heteroatoms. The summed E-state index contributed by atoms with van der Waals surface area (Å²) in [5.41, 5.74) is -0.269. The molecule has 3 unspecified atom stereocenters. The zero-order valence-electron chi connectivity index (χ0n) is 18.3. The second kappa shape index (κ2) is 17.8. The first-order valence-corrected chi connectivity index (χ1v) is 9.93.